The molecule has 0 spiro atoms. The molecule has 3 aliphatic heterocycles. The number of aromatic nitrogens is 2. The number of anilines is 2. The Morgan fingerprint density at radius 1 is 1.26 bits per heavy atom. The Balaban J connectivity index is 1.40. The number of aliphatic hydroxyl groups is 1. The van der Waals surface area contributed by atoms with E-state index in [0.717, 1.165) is 30.7 Å². The normalized spacial score (nSPS) is 23.6. The maximum Gasteiger partial charge on any atom is 0.412 e. The molecule has 15 heteroatoms. The van der Waals surface area contributed by atoms with Crippen molar-refractivity contribution >= 4 is 49.2 Å². The number of carbonyl (C=O) groups is 1. The standard InChI is InChI=1S/C38H43F3N6O5S/c1-6-21-14-24-30(29(41)27(21)23-8-9-26(40)31-28(23)25(16-42)33(53-31)45-35(48)52-36(2,3)4)43-34(44-32(24)46-12-13-50-19-37(5,49)18-46)51-20-38-10-7-11-47(38)17-22(39)15-38/h8-9,14,22,49H,6-7,10-13,15,17-20H2,1-5H3,(H,45,48)/t22-,37?,38+/m1/s1. The Bertz CT molecular complexity index is 2130. The summed E-state index contributed by atoms with van der Waals surface area (Å²) in [5, 5.41) is 24.6. The number of rotatable bonds is 7. The zero-order chi connectivity index (χ0) is 37.9. The molecule has 3 atom stereocenters. The van der Waals surface area contributed by atoms with Gasteiger partial charge in [-0.05, 0) is 76.8 Å². The SMILES string of the molecule is CCc1cc2c(N3CCOCC(C)(O)C3)nc(OC[C@@]34CCCN3C[C@H](F)C4)nc2c(F)c1-c1ccc(F)c2sc(NC(=O)OC(C)(C)C)c(C#N)c12. The van der Waals surface area contributed by atoms with Crippen molar-refractivity contribution < 1.29 is 37.3 Å². The van der Waals surface area contributed by atoms with Crippen LogP contribution in [-0.4, -0.2) is 95.0 Å². The van der Waals surface area contributed by atoms with Crippen molar-refractivity contribution in [2.45, 2.75) is 83.2 Å². The molecular formula is C38H43F3N6O5S. The van der Waals surface area contributed by atoms with Crippen molar-refractivity contribution in [1.29, 1.82) is 5.26 Å². The highest BCUT2D eigenvalue weighted by Crippen LogP contribution is 2.46. The second kappa shape index (κ2) is 13.9. The Morgan fingerprint density at radius 2 is 2.06 bits per heavy atom. The summed E-state index contributed by atoms with van der Waals surface area (Å²) in [6.07, 6.45) is 0.550. The molecule has 1 unspecified atom stereocenters. The van der Waals surface area contributed by atoms with Crippen LogP contribution in [0.5, 0.6) is 6.01 Å². The van der Waals surface area contributed by atoms with Gasteiger partial charge in [0.25, 0.3) is 0 Å². The van der Waals surface area contributed by atoms with Gasteiger partial charge in [0, 0.05) is 35.8 Å². The molecule has 53 heavy (non-hydrogen) atoms. The second-order valence-corrected chi connectivity index (χ2v) is 16.5. The number of ether oxygens (including phenoxy) is 3. The molecule has 11 nitrogen and oxygen atoms in total. The van der Waals surface area contributed by atoms with Crippen molar-refractivity contribution in [3.05, 3.63) is 41.0 Å². The number of fused-ring (bicyclic) bond motifs is 3. The number of hydrogen-bond donors (Lipinski definition) is 2. The summed E-state index contributed by atoms with van der Waals surface area (Å²) in [6, 6.07) is 6.41. The molecule has 2 aromatic carbocycles. The molecule has 0 radical (unpaired) electrons. The van der Waals surface area contributed by atoms with Gasteiger partial charge in [0.2, 0.25) is 0 Å². The first-order chi connectivity index (χ1) is 25.1. The highest BCUT2D eigenvalue weighted by molar-refractivity contribution is 7.23. The van der Waals surface area contributed by atoms with Crippen LogP contribution in [0.2, 0.25) is 0 Å². The summed E-state index contributed by atoms with van der Waals surface area (Å²) in [6.45, 7) is 10.7. The fourth-order valence-electron chi connectivity index (χ4n) is 7.92. The van der Waals surface area contributed by atoms with Crippen LogP contribution in [0.1, 0.15) is 65.0 Å². The predicted octanol–water partition coefficient (Wildman–Crippen LogP) is 7.11. The maximum absolute atomic E-state index is 17.5. The molecule has 4 aromatic rings. The lowest BCUT2D eigenvalue weighted by Crippen LogP contribution is -2.44. The number of alkyl halides is 1. The number of nitriles is 1. The van der Waals surface area contributed by atoms with Crippen molar-refractivity contribution in [3.63, 3.8) is 0 Å². The average Bonchev–Trinajstić information content (AvgIpc) is 3.70. The van der Waals surface area contributed by atoms with Gasteiger partial charge in [-0.15, -0.1) is 11.3 Å². The number of β-amino-alcohol motifs (C(OH)–C–C–N with tert-alkyl or cyclic N) is 1. The molecule has 3 fully saturated rings. The van der Waals surface area contributed by atoms with Crippen LogP contribution in [0.3, 0.4) is 0 Å². The van der Waals surface area contributed by atoms with Gasteiger partial charge >= 0.3 is 12.1 Å². The van der Waals surface area contributed by atoms with Gasteiger partial charge in [-0.3, -0.25) is 10.2 Å². The Kier molecular flexibility index (Phi) is 9.72. The van der Waals surface area contributed by atoms with E-state index in [-0.39, 0.29) is 69.7 Å². The van der Waals surface area contributed by atoms with Gasteiger partial charge in [0.05, 0.1) is 35.6 Å². The van der Waals surface area contributed by atoms with E-state index in [2.05, 4.69) is 21.3 Å². The van der Waals surface area contributed by atoms with Crippen molar-refractivity contribution in [2.75, 3.05) is 56.2 Å². The van der Waals surface area contributed by atoms with Crippen molar-refractivity contribution in [3.8, 4) is 23.2 Å². The molecular weight excluding hydrogens is 710 g/mol. The fourth-order valence-corrected chi connectivity index (χ4v) is 8.99. The van der Waals surface area contributed by atoms with Gasteiger partial charge in [-0.2, -0.15) is 15.2 Å². The zero-order valence-electron chi connectivity index (χ0n) is 30.4. The first-order valence-corrected chi connectivity index (χ1v) is 18.7. The first-order valence-electron chi connectivity index (χ1n) is 17.9. The number of nitrogens with one attached hydrogen (secondary N) is 1. The monoisotopic (exact) mass is 752 g/mol. The molecule has 3 saturated heterocycles. The van der Waals surface area contributed by atoms with Crippen molar-refractivity contribution in [1.82, 2.24) is 14.9 Å². The summed E-state index contributed by atoms with van der Waals surface area (Å²) in [4.78, 5) is 26.1. The highest BCUT2D eigenvalue weighted by atomic mass is 32.1. The maximum atomic E-state index is 17.5. The summed E-state index contributed by atoms with van der Waals surface area (Å²) in [7, 11) is 0. The van der Waals surface area contributed by atoms with E-state index in [9.17, 15) is 19.6 Å². The minimum Gasteiger partial charge on any atom is -0.461 e. The Labute approximate surface area is 309 Å². The van der Waals surface area contributed by atoms with Gasteiger partial charge in [0.15, 0.2) is 5.82 Å². The van der Waals surface area contributed by atoms with Gasteiger partial charge in [-0.25, -0.2) is 18.0 Å². The number of aryl methyl sites for hydroxylation is 1. The van der Waals surface area contributed by atoms with Crippen LogP contribution < -0.4 is 15.0 Å². The quantitative estimate of drug-likeness (QED) is 0.201. The smallest absolute Gasteiger partial charge is 0.412 e. The number of thiophene rings is 1. The fraction of sp³-hybridized carbons (Fsp3) is 0.526. The number of hydrogen-bond acceptors (Lipinski definition) is 11. The van der Waals surface area contributed by atoms with E-state index in [1.807, 2.05) is 11.8 Å². The number of benzene rings is 2. The van der Waals surface area contributed by atoms with Crippen molar-refractivity contribution in [2.24, 2.45) is 0 Å². The molecule has 0 aliphatic carbocycles. The number of carbonyl (C=O) groups excluding carboxylic acids is 1. The molecule has 7 rings (SSSR count). The Hall–Kier alpha value is -4.23. The van der Waals surface area contributed by atoms with E-state index in [0.29, 0.717) is 42.7 Å². The third kappa shape index (κ3) is 7.09. The molecule has 0 saturated carbocycles. The van der Waals surface area contributed by atoms with E-state index in [4.69, 9.17) is 19.2 Å². The minimum absolute atomic E-state index is 0.0331. The number of nitrogens with zero attached hydrogens (tertiary/aromatic N) is 5. The largest absolute Gasteiger partial charge is 0.461 e. The summed E-state index contributed by atoms with van der Waals surface area (Å²) in [5.74, 6) is -1.03. The third-order valence-electron chi connectivity index (χ3n) is 10.1. The van der Waals surface area contributed by atoms with Crippen LogP contribution in [0.15, 0.2) is 18.2 Å². The average molecular weight is 753 g/mol. The van der Waals surface area contributed by atoms with E-state index >= 15 is 8.78 Å². The van der Waals surface area contributed by atoms with Crippen LogP contribution in [0, 0.1) is 23.0 Å². The minimum atomic E-state index is -1.23. The summed E-state index contributed by atoms with van der Waals surface area (Å²) < 4.78 is 64.9. The summed E-state index contributed by atoms with van der Waals surface area (Å²) >= 11 is 0.862. The molecule has 1 amide bonds. The predicted molar refractivity (Wildman–Crippen MR) is 196 cm³/mol. The van der Waals surface area contributed by atoms with E-state index in [1.54, 1.807) is 33.8 Å². The number of halogens is 3. The summed E-state index contributed by atoms with van der Waals surface area (Å²) in [5.41, 5.74) is -1.77. The zero-order valence-corrected chi connectivity index (χ0v) is 31.3. The molecule has 2 N–H and O–H groups in total. The Morgan fingerprint density at radius 3 is 2.79 bits per heavy atom. The van der Waals surface area contributed by atoms with E-state index in [1.165, 1.54) is 12.1 Å². The molecule has 3 aliphatic rings. The topological polar surface area (TPSA) is 133 Å². The van der Waals surface area contributed by atoms with Crippen LogP contribution >= 0.6 is 11.3 Å². The lowest BCUT2D eigenvalue weighted by molar-refractivity contribution is -0.0123. The third-order valence-corrected chi connectivity index (χ3v) is 11.2. The van der Waals surface area contributed by atoms with Gasteiger partial charge in [0.1, 0.15) is 52.2 Å². The first kappa shape index (κ1) is 37.1. The molecule has 5 heterocycles. The van der Waals surface area contributed by atoms with Crippen LogP contribution in [0.4, 0.5) is 28.8 Å². The molecule has 2 aromatic heterocycles. The second-order valence-electron chi connectivity index (χ2n) is 15.5. The molecule has 0 bridgehead atoms. The van der Waals surface area contributed by atoms with Crippen LogP contribution in [-0.2, 0) is 15.9 Å². The van der Waals surface area contributed by atoms with Gasteiger partial charge < -0.3 is 24.2 Å². The lowest BCUT2D eigenvalue weighted by Gasteiger charge is -2.31. The van der Waals surface area contributed by atoms with Gasteiger partial charge in [-0.1, -0.05) is 13.0 Å². The van der Waals surface area contributed by atoms with Crippen LogP contribution in [0.25, 0.3) is 32.1 Å². The number of amides is 1. The lowest BCUT2D eigenvalue weighted by atomic mass is 9.91. The highest BCUT2D eigenvalue weighted by Gasteiger charge is 2.49. The van der Waals surface area contributed by atoms with E-state index < -0.39 is 40.6 Å². The molecule has 282 valence electrons.